The van der Waals surface area contributed by atoms with Gasteiger partial charge in [0.2, 0.25) is 6.41 Å². The Kier molecular flexibility index (Phi) is 3.06. The Labute approximate surface area is 120 Å². The lowest BCUT2D eigenvalue weighted by atomic mass is 9.88. The molecule has 1 amide bonds. The smallest absolute Gasteiger partial charge is 0.306 e. The highest BCUT2D eigenvalue weighted by Crippen LogP contribution is 2.45. The van der Waals surface area contributed by atoms with Gasteiger partial charge >= 0.3 is 5.97 Å². The van der Waals surface area contributed by atoms with Gasteiger partial charge in [-0.2, -0.15) is 0 Å². The van der Waals surface area contributed by atoms with Crippen LogP contribution < -0.4 is 5.32 Å². The monoisotopic (exact) mass is 289 g/mol. The van der Waals surface area contributed by atoms with Crippen LogP contribution in [-0.2, 0) is 9.59 Å². The second-order valence-electron chi connectivity index (χ2n) is 5.66. The number of nitrogens with one attached hydrogen (secondary N) is 1. The summed E-state index contributed by atoms with van der Waals surface area (Å²) in [5, 5.41) is 21.7. The molecule has 0 radical (unpaired) electrons. The lowest BCUT2D eigenvalue weighted by molar-refractivity contribution is -0.139. The maximum atomic E-state index is 12.5. The number of rotatable bonds is 5. The van der Waals surface area contributed by atoms with E-state index >= 15 is 0 Å². The van der Waals surface area contributed by atoms with E-state index in [1.165, 1.54) is 0 Å². The van der Waals surface area contributed by atoms with E-state index in [0.717, 1.165) is 18.4 Å². The zero-order chi connectivity index (χ0) is 15.2. The van der Waals surface area contributed by atoms with Gasteiger partial charge in [-0.15, -0.1) is 0 Å². The summed E-state index contributed by atoms with van der Waals surface area (Å²) in [5.74, 6) is -1.36. The zero-order valence-electron chi connectivity index (χ0n) is 11.2. The highest BCUT2D eigenvalue weighted by molar-refractivity contribution is 6.10. The molecule has 1 aromatic carbocycles. The van der Waals surface area contributed by atoms with E-state index in [1.54, 1.807) is 12.1 Å². The van der Waals surface area contributed by atoms with Gasteiger partial charge in [-0.25, -0.2) is 0 Å². The van der Waals surface area contributed by atoms with Crippen molar-refractivity contribution < 1.29 is 24.6 Å². The summed E-state index contributed by atoms with van der Waals surface area (Å²) in [6.07, 6.45) is 0.419. The third-order valence-electron chi connectivity index (χ3n) is 4.28. The van der Waals surface area contributed by atoms with Gasteiger partial charge in [0.1, 0.15) is 11.6 Å². The summed E-state index contributed by atoms with van der Waals surface area (Å²) >= 11 is 0. The number of aliphatic hydroxyl groups excluding tert-OH is 1. The number of benzene rings is 1. The van der Waals surface area contributed by atoms with Crippen molar-refractivity contribution in [1.29, 1.82) is 0 Å². The number of ketones is 1. The molecule has 0 spiro atoms. The number of fused-ring (bicyclic) bond motifs is 1. The van der Waals surface area contributed by atoms with E-state index in [-0.39, 0.29) is 12.0 Å². The molecular formula is C15H15NO5. The predicted molar refractivity (Wildman–Crippen MR) is 71.9 cm³/mol. The summed E-state index contributed by atoms with van der Waals surface area (Å²) < 4.78 is 0. The fourth-order valence-corrected chi connectivity index (χ4v) is 3.03. The fourth-order valence-electron chi connectivity index (χ4n) is 3.03. The third-order valence-corrected chi connectivity index (χ3v) is 4.28. The molecule has 1 aromatic rings. The number of hydrogen-bond acceptors (Lipinski definition) is 4. The Morgan fingerprint density at radius 3 is 2.71 bits per heavy atom. The molecule has 2 aliphatic rings. The zero-order valence-corrected chi connectivity index (χ0v) is 11.2. The number of amides is 1. The molecule has 3 rings (SSSR count). The molecule has 2 aliphatic carbocycles. The van der Waals surface area contributed by atoms with Crippen LogP contribution in [0.4, 0.5) is 0 Å². The lowest BCUT2D eigenvalue weighted by Gasteiger charge is -2.28. The Hall–Kier alpha value is -2.21. The fraction of sp³-hybridized carbons (Fsp3) is 0.400. The maximum Gasteiger partial charge on any atom is 0.306 e. The van der Waals surface area contributed by atoms with Gasteiger partial charge in [0.15, 0.2) is 5.78 Å². The van der Waals surface area contributed by atoms with E-state index in [0.29, 0.717) is 11.5 Å². The first-order chi connectivity index (χ1) is 9.99. The molecule has 1 fully saturated rings. The van der Waals surface area contributed by atoms with Gasteiger partial charge in [-0.05, 0) is 29.9 Å². The minimum Gasteiger partial charge on any atom is -0.481 e. The second-order valence-corrected chi connectivity index (χ2v) is 5.66. The first-order valence-electron chi connectivity index (χ1n) is 6.79. The van der Waals surface area contributed by atoms with E-state index in [4.69, 9.17) is 5.11 Å². The average Bonchev–Trinajstić information content (AvgIpc) is 3.26. The number of Topliss-reactive ketones (excluding diaryl/α,β-unsaturated/α-hetero) is 1. The van der Waals surface area contributed by atoms with Crippen molar-refractivity contribution in [1.82, 2.24) is 5.32 Å². The summed E-state index contributed by atoms with van der Waals surface area (Å²) in [4.78, 5) is 34.4. The molecule has 21 heavy (non-hydrogen) atoms. The SMILES string of the molecule is O=CNC1(CC(=O)O)C(=O)c2ccc(C3CC3)cc2C1O. The van der Waals surface area contributed by atoms with Crippen molar-refractivity contribution in [3.8, 4) is 0 Å². The van der Waals surface area contributed by atoms with Crippen LogP contribution in [0.2, 0.25) is 0 Å². The highest BCUT2D eigenvalue weighted by atomic mass is 16.4. The van der Waals surface area contributed by atoms with Crippen molar-refractivity contribution in [3.63, 3.8) is 0 Å². The van der Waals surface area contributed by atoms with Crippen molar-refractivity contribution in [2.45, 2.75) is 36.8 Å². The molecule has 6 heteroatoms. The average molecular weight is 289 g/mol. The van der Waals surface area contributed by atoms with Crippen LogP contribution in [0.5, 0.6) is 0 Å². The summed E-state index contributed by atoms with van der Waals surface area (Å²) in [5.41, 5.74) is -0.0849. The molecule has 0 heterocycles. The molecule has 0 aromatic heterocycles. The Balaban J connectivity index is 2.06. The van der Waals surface area contributed by atoms with Gasteiger partial charge in [0.25, 0.3) is 0 Å². The molecule has 1 saturated carbocycles. The molecular weight excluding hydrogens is 274 g/mol. The number of carbonyl (C=O) groups is 3. The minimum atomic E-state index is -1.81. The van der Waals surface area contributed by atoms with Gasteiger partial charge in [0, 0.05) is 5.56 Å². The summed E-state index contributed by atoms with van der Waals surface area (Å²) in [7, 11) is 0. The molecule has 6 nitrogen and oxygen atoms in total. The van der Waals surface area contributed by atoms with Crippen molar-refractivity contribution in [3.05, 3.63) is 34.9 Å². The Morgan fingerprint density at radius 1 is 1.43 bits per heavy atom. The first kappa shape index (κ1) is 13.8. The molecule has 0 aliphatic heterocycles. The van der Waals surface area contributed by atoms with Crippen LogP contribution in [0.3, 0.4) is 0 Å². The molecule has 0 saturated heterocycles. The van der Waals surface area contributed by atoms with Gasteiger partial charge in [-0.1, -0.05) is 18.2 Å². The lowest BCUT2D eigenvalue weighted by Crippen LogP contribution is -2.53. The molecule has 0 bridgehead atoms. The van der Waals surface area contributed by atoms with Crippen LogP contribution in [0.1, 0.15) is 52.8 Å². The van der Waals surface area contributed by atoms with Gasteiger partial charge < -0.3 is 15.5 Å². The van der Waals surface area contributed by atoms with Crippen molar-refractivity contribution in [2.24, 2.45) is 0 Å². The largest absolute Gasteiger partial charge is 0.481 e. The highest BCUT2D eigenvalue weighted by Gasteiger charge is 2.54. The van der Waals surface area contributed by atoms with Gasteiger partial charge in [0.05, 0.1) is 6.42 Å². The second kappa shape index (κ2) is 4.66. The van der Waals surface area contributed by atoms with Crippen LogP contribution >= 0.6 is 0 Å². The first-order valence-corrected chi connectivity index (χ1v) is 6.79. The van der Waals surface area contributed by atoms with Crippen molar-refractivity contribution >= 4 is 18.2 Å². The number of carboxylic acids is 1. The number of carbonyl (C=O) groups excluding carboxylic acids is 2. The standard InChI is InChI=1S/C15H15NO5/c17-7-16-15(6-12(18)19)13(20)10-4-3-9(8-1-2-8)5-11(10)14(15)21/h3-5,7-8,14,21H,1-2,6H2,(H,16,17)(H,18,19). The number of hydrogen-bond donors (Lipinski definition) is 3. The Bertz CT molecular complexity index is 637. The predicted octanol–water partition coefficient (Wildman–Crippen LogP) is 0.753. The van der Waals surface area contributed by atoms with Crippen molar-refractivity contribution in [2.75, 3.05) is 0 Å². The normalized spacial score (nSPS) is 27.3. The molecule has 2 unspecified atom stereocenters. The maximum absolute atomic E-state index is 12.5. The minimum absolute atomic E-state index is 0.262. The van der Waals surface area contributed by atoms with Gasteiger partial charge in [-0.3, -0.25) is 14.4 Å². The number of aliphatic carboxylic acids is 1. The molecule has 110 valence electrons. The molecule has 2 atom stereocenters. The summed E-state index contributed by atoms with van der Waals surface area (Å²) in [6.45, 7) is 0. The number of aliphatic hydroxyl groups is 1. The number of carboxylic acid groups (broad SMARTS) is 1. The topological polar surface area (TPSA) is 104 Å². The van der Waals surface area contributed by atoms with Crippen LogP contribution in [0.15, 0.2) is 18.2 Å². The van der Waals surface area contributed by atoms with E-state index in [1.807, 2.05) is 6.07 Å². The quantitative estimate of drug-likeness (QED) is 0.694. The summed E-state index contributed by atoms with van der Waals surface area (Å²) in [6, 6.07) is 5.20. The van der Waals surface area contributed by atoms with E-state index in [9.17, 15) is 19.5 Å². The van der Waals surface area contributed by atoms with E-state index < -0.39 is 29.8 Å². The van der Waals surface area contributed by atoms with Crippen LogP contribution in [0, 0.1) is 0 Å². The Morgan fingerprint density at radius 2 is 2.14 bits per heavy atom. The third kappa shape index (κ3) is 2.03. The van der Waals surface area contributed by atoms with Crippen LogP contribution in [-0.4, -0.2) is 33.9 Å². The molecule has 3 N–H and O–H groups in total. The van der Waals surface area contributed by atoms with E-state index in [2.05, 4.69) is 5.32 Å². The van der Waals surface area contributed by atoms with Crippen LogP contribution in [0.25, 0.3) is 0 Å².